The normalized spacial score (nSPS) is 19.2. The van der Waals surface area contributed by atoms with Gasteiger partial charge in [-0.3, -0.25) is 4.79 Å². The van der Waals surface area contributed by atoms with Gasteiger partial charge in [-0.1, -0.05) is 37.3 Å². The number of esters is 1. The minimum Gasteiger partial charge on any atom is -0.462 e. The van der Waals surface area contributed by atoms with Crippen molar-refractivity contribution in [2.24, 2.45) is 11.8 Å². The van der Waals surface area contributed by atoms with Crippen LogP contribution in [0.4, 0.5) is 5.00 Å². The molecule has 1 fully saturated rings. The van der Waals surface area contributed by atoms with Crippen LogP contribution < -0.4 is 5.32 Å². The lowest BCUT2D eigenvalue weighted by atomic mass is 10.0. The molecule has 120 valence electrons. The Labute approximate surface area is 139 Å². The van der Waals surface area contributed by atoms with Gasteiger partial charge in [-0.2, -0.15) is 0 Å². The van der Waals surface area contributed by atoms with Crippen LogP contribution in [0.25, 0.3) is 11.1 Å². The molecular weight excluding hydrogens is 310 g/mol. The molecule has 2 aromatic rings. The first-order valence-corrected chi connectivity index (χ1v) is 8.64. The lowest BCUT2D eigenvalue weighted by Gasteiger charge is -2.08. The Hall–Kier alpha value is -2.14. The van der Waals surface area contributed by atoms with E-state index in [2.05, 4.69) is 12.2 Å². The summed E-state index contributed by atoms with van der Waals surface area (Å²) in [7, 11) is 0. The van der Waals surface area contributed by atoms with Gasteiger partial charge in [0.1, 0.15) is 10.6 Å². The van der Waals surface area contributed by atoms with Crippen LogP contribution in [0, 0.1) is 11.8 Å². The van der Waals surface area contributed by atoms with E-state index in [9.17, 15) is 9.59 Å². The molecule has 2 unspecified atom stereocenters. The van der Waals surface area contributed by atoms with Crippen molar-refractivity contribution in [2.75, 3.05) is 11.9 Å². The molecule has 0 radical (unpaired) electrons. The van der Waals surface area contributed by atoms with E-state index in [4.69, 9.17) is 4.74 Å². The summed E-state index contributed by atoms with van der Waals surface area (Å²) in [6.07, 6.45) is 0.914. The van der Waals surface area contributed by atoms with Gasteiger partial charge in [-0.15, -0.1) is 11.3 Å². The smallest absolute Gasteiger partial charge is 0.341 e. The number of thiophene rings is 1. The lowest BCUT2D eigenvalue weighted by Crippen LogP contribution is -2.16. The summed E-state index contributed by atoms with van der Waals surface area (Å²) in [5.74, 6) is 0.0816. The van der Waals surface area contributed by atoms with E-state index in [1.165, 1.54) is 11.3 Å². The minimum absolute atomic E-state index is 0.00971. The summed E-state index contributed by atoms with van der Waals surface area (Å²) < 4.78 is 5.18. The maximum absolute atomic E-state index is 12.4. The SMILES string of the molecule is CCOC(=O)c1c(-c2ccccc2)csc1NC(=O)C1CC1C. The van der Waals surface area contributed by atoms with E-state index in [1.54, 1.807) is 6.92 Å². The second-order valence-corrected chi connectivity index (χ2v) is 6.63. The number of carbonyl (C=O) groups is 2. The third kappa shape index (κ3) is 3.29. The van der Waals surface area contributed by atoms with Crippen molar-refractivity contribution in [3.63, 3.8) is 0 Å². The maximum atomic E-state index is 12.4. The van der Waals surface area contributed by atoms with Gasteiger partial charge >= 0.3 is 5.97 Å². The molecule has 1 aliphatic rings. The van der Waals surface area contributed by atoms with Crippen molar-refractivity contribution in [2.45, 2.75) is 20.3 Å². The van der Waals surface area contributed by atoms with Crippen LogP contribution in [0.3, 0.4) is 0 Å². The first-order chi connectivity index (χ1) is 11.1. The standard InChI is InChI=1S/C18H19NO3S/c1-3-22-18(21)15-14(12-7-5-4-6-8-12)10-23-17(15)19-16(20)13-9-11(13)2/h4-8,10-11,13H,3,9H2,1-2H3,(H,19,20). The van der Waals surface area contributed by atoms with Gasteiger partial charge in [0.2, 0.25) is 5.91 Å². The van der Waals surface area contributed by atoms with Crippen molar-refractivity contribution in [3.05, 3.63) is 41.3 Å². The average Bonchev–Trinajstić information content (AvgIpc) is 3.14. The number of ether oxygens (including phenoxy) is 1. The van der Waals surface area contributed by atoms with Gasteiger partial charge in [0, 0.05) is 16.9 Å². The molecule has 0 bridgehead atoms. The van der Waals surface area contributed by atoms with Crippen LogP contribution in [-0.4, -0.2) is 18.5 Å². The van der Waals surface area contributed by atoms with Crippen molar-refractivity contribution in [3.8, 4) is 11.1 Å². The Kier molecular flexibility index (Phi) is 4.48. The molecule has 0 saturated heterocycles. The molecule has 1 saturated carbocycles. The molecule has 1 amide bonds. The fourth-order valence-corrected chi connectivity index (χ4v) is 3.54. The third-order valence-electron chi connectivity index (χ3n) is 4.04. The fraction of sp³-hybridized carbons (Fsp3) is 0.333. The van der Waals surface area contributed by atoms with Gasteiger partial charge in [-0.05, 0) is 24.8 Å². The fourth-order valence-electron chi connectivity index (χ4n) is 2.58. The summed E-state index contributed by atoms with van der Waals surface area (Å²) in [5, 5.41) is 5.38. The molecular formula is C18H19NO3S. The minimum atomic E-state index is -0.397. The second kappa shape index (κ2) is 6.54. The molecule has 2 atom stereocenters. The summed E-state index contributed by atoms with van der Waals surface area (Å²) in [4.78, 5) is 24.6. The summed E-state index contributed by atoms with van der Waals surface area (Å²) in [6.45, 7) is 4.13. The number of hydrogen-bond donors (Lipinski definition) is 1. The zero-order chi connectivity index (χ0) is 16.4. The van der Waals surface area contributed by atoms with E-state index in [0.29, 0.717) is 23.1 Å². The predicted octanol–water partition coefficient (Wildman–Crippen LogP) is 4.19. The Bertz CT molecular complexity index is 723. The Morgan fingerprint density at radius 2 is 2.00 bits per heavy atom. The number of rotatable bonds is 5. The van der Waals surface area contributed by atoms with Crippen LogP contribution in [0.2, 0.25) is 0 Å². The molecule has 0 spiro atoms. The van der Waals surface area contributed by atoms with Crippen LogP contribution >= 0.6 is 11.3 Å². The number of anilines is 1. The van der Waals surface area contributed by atoms with Crippen LogP contribution in [0.15, 0.2) is 35.7 Å². The second-order valence-electron chi connectivity index (χ2n) is 5.75. The first kappa shape index (κ1) is 15.7. The van der Waals surface area contributed by atoms with Crippen molar-refractivity contribution in [1.29, 1.82) is 0 Å². The lowest BCUT2D eigenvalue weighted by molar-refractivity contribution is -0.117. The summed E-state index contributed by atoms with van der Waals surface area (Å²) >= 11 is 1.37. The molecule has 23 heavy (non-hydrogen) atoms. The molecule has 5 heteroatoms. The quantitative estimate of drug-likeness (QED) is 0.837. The number of hydrogen-bond acceptors (Lipinski definition) is 4. The van der Waals surface area contributed by atoms with Gasteiger partial charge in [0.25, 0.3) is 0 Å². The molecule has 0 aliphatic heterocycles. The monoisotopic (exact) mass is 329 g/mol. The molecule has 4 nitrogen and oxygen atoms in total. The number of amides is 1. The molecule has 1 aromatic carbocycles. The zero-order valence-electron chi connectivity index (χ0n) is 13.2. The van der Waals surface area contributed by atoms with E-state index < -0.39 is 5.97 Å². The summed E-state index contributed by atoms with van der Waals surface area (Å²) in [6, 6.07) is 9.66. The predicted molar refractivity (Wildman–Crippen MR) is 91.6 cm³/mol. The van der Waals surface area contributed by atoms with E-state index >= 15 is 0 Å². The average molecular weight is 329 g/mol. The van der Waals surface area contributed by atoms with Crippen LogP contribution in [-0.2, 0) is 9.53 Å². The molecule has 1 aliphatic carbocycles. The van der Waals surface area contributed by atoms with Crippen LogP contribution in [0.5, 0.6) is 0 Å². The van der Waals surface area contributed by atoms with Gasteiger partial charge < -0.3 is 10.1 Å². The number of carbonyl (C=O) groups excluding carboxylic acids is 2. The Morgan fingerprint density at radius 1 is 1.30 bits per heavy atom. The van der Waals surface area contributed by atoms with Crippen LogP contribution in [0.1, 0.15) is 30.6 Å². The third-order valence-corrected chi connectivity index (χ3v) is 4.93. The van der Waals surface area contributed by atoms with Crippen molar-refractivity contribution in [1.82, 2.24) is 0 Å². The largest absolute Gasteiger partial charge is 0.462 e. The maximum Gasteiger partial charge on any atom is 0.341 e. The Morgan fingerprint density at radius 3 is 2.61 bits per heavy atom. The zero-order valence-corrected chi connectivity index (χ0v) is 14.0. The number of benzene rings is 1. The van der Waals surface area contributed by atoms with E-state index in [1.807, 2.05) is 35.7 Å². The molecule has 1 heterocycles. The van der Waals surface area contributed by atoms with E-state index in [0.717, 1.165) is 17.5 Å². The van der Waals surface area contributed by atoms with Crippen molar-refractivity contribution < 1.29 is 14.3 Å². The summed E-state index contributed by atoms with van der Waals surface area (Å²) in [5.41, 5.74) is 2.19. The molecule has 1 aromatic heterocycles. The highest BCUT2D eigenvalue weighted by atomic mass is 32.1. The van der Waals surface area contributed by atoms with Gasteiger partial charge in [0.05, 0.1) is 6.61 Å². The number of nitrogens with one attached hydrogen (secondary N) is 1. The van der Waals surface area contributed by atoms with Gasteiger partial charge in [0.15, 0.2) is 0 Å². The Balaban J connectivity index is 1.94. The highest BCUT2D eigenvalue weighted by molar-refractivity contribution is 7.15. The molecule has 1 N–H and O–H groups in total. The van der Waals surface area contributed by atoms with Gasteiger partial charge in [-0.25, -0.2) is 4.79 Å². The topological polar surface area (TPSA) is 55.4 Å². The van der Waals surface area contributed by atoms with E-state index in [-0.39, 0.29) is 11.8 Å². The highest BCUT2D eigenvalue weighted by Gasteiger charge is 2.39. The highest BCUT2D eigenvalue weighted by Crippen LogP contribution is 2.41. The molecule has 3 rings (SSSR count). The van der Waals surface area contributed by atoms with Crippen molar-refractivity contribution >= 4 is 28.2 Å². The first-order valence-electron chi connectivity index (χ1n) is 7.76.